The molecule has 1 aromatic rings. The van der Waals surface area contributed by atoms with Crippen molar-refractivity contribution in [1.29, 1.82) is 0 Å². The molecule has 0 amide bonds. The Bertz CT molecular complexity index is 323. The van der Waals surface area contributed by atoms with Crippen LogP contribution in [-0.4, -0.2) is 23.4 Å². The van der Waals surface area contributed by atoms with E-state index >= 15 is 0 Å². The number of benzene rings is 1. The number of nitro benzene ring substituents is 1. The summed E-state index contributed by atoms with van der Waals surface area (Å²) in [6.45, 7) is 8.01. The molecular formula is C13H22N2O2. The average molecular weight is 238 g/mol. The van der Waals surface area contributed by atoms with Crippen molar-refractivity contribution < 1.29 is 4.92 Å². The first-order chi connectivity index (χ1) is 8.13. The summed E-state index contributed by atoms with van der Waals surface area (Å²) in [7, 11) is 2.05. The molecule has 1 rings (SSSR count). The Hall–Kier alpha value is -1.42. The SMILES string of the molecule is CC.CCCN(C)Cc1ccc([N+](=O)[O-])cc1. The zero-order chi connectivity index (χ0) is 13.3. The van der Waals surface area contributed by atoms with Crippen molar-refractivity contribution in [3.05, 3.63) is 39.9 Å². The minimum atomic E-state index is -0.375. The van der Waals surface area contributed by atoms with Gasteiger partial charge in [-0.05, 0) is 25.6 Å². The van der Waals surface area contributed by atoms with E-state index in [1.807, 2.05) is 33.0 Å². The first kappa shape index (κ1) is 15.6. The predicted octanol–water partition coefficient (Wildman–Crippen LogP) is 3.46. The molecular weight excluding hydrogens is 216 g/mol. The molecule has 0 aliphatic carbocycles. The van der Waals surface area contributed by atoms with Crippen LogP contribution in [0.3, 0.4) is 0 Å². The highest BCUT2D eigenvalue weighted by Crippen LogP contribution is 2.12. The molecule has 17 heavy (non-hydrogen) atoms. The van der Waals surface area contributed by atoms with Crippen LogP contribution in [0.4, 0.5) is 5.69 Å². The standard InChI is InChI=1S/C11H16N2O2.C2H6/c1-3-8-12(2)9-10-4-6-11(7-5-10)13(14)15;1-2/h4-7H,3,8-9H2,1-2H3;1-2H3. The fourth-order valence-electron chi connectivity index (χ4n) is 1.50. The number of hydrogen-bond acceptors (Lipinski definition) is 3. The van der Waals surface area contributed by atoms with Crippen LogP contribution in [0.5, 0.6) is 0 Å². The number of rotatable bonds is 5. The van der Waals surface area contributed by atoms with Crippen molar-refractivity contribution in [2.24, 2.45) is 0 Å². The Morgan fingerprint density at radius 3 is 2.18 bits per heavy atom. The van der Waals surface area contributed by atoms with Gasteiger partial charge in [0.15, 0.2) is 0 Å². The van der Waals surface area contributed by atoms with E-state index in [4.69, 9.17) is 0 Å². The van der Waals surface area contributed by atoms with Crippen LogP contribution in [0.15, 0.2) is 24.3 Å². The monoisotopic (exact) mass is 238 g/mol. The highest BCUT2D eigenvalue weighted by Gasteiger charge is 2.04. The normalized spacial score (nSPS) is 9.71. The molecule has 0 aliphatic heterocycles. The molecule has 0 N–H and O–H groups in total. The first-order valence-corrected chi connectivity index (χ1v) is 6.05. The van der Waals surface area contributed by atoms with Crippen LogP contribution < -0.4 is 0 Å². The van der Waals surface area contributed by atoms with E-state index < -0.39 is 0 Å². The Balaban J connectivity index is 0.00000121. The molecule has 0 aliphatic rings. The second-order valence-electron chi connectivity index (χ2n) is 3.66. The molecule has 0 atom stereocenters. The molecule has 0 aromatic heterocycles. The van der Waals surface area contributed by atoms with Gasteiger partial charge < -0.3 is 4.90 Å². The van der Waals surface area contributed by atoms with E-state index in [9.17, 15) is 10.1 Å². The summed E-state index contributed by atoms with van der Waals surface area (Å²) in [5.41, 5.74) is 1.26. The average Bonchev–Trinajstić information content (AvgIpc) is 2.32. The first-order valence-electron chi connectivity index (χ1n) is 6.05. The van der Waals surface area contributed by atoms with Crippen LogP contribution in [0.2, 0.25) is 0 Å². The zero-order valence-electron chi connectivity index (χ0n) is 11.1. The number of non-ortho nitro benzene ring substituents is 1. The van der Waals surface area contributed by atoms with Gasteiger partial charge in [-0.1, -0.05) is 32.9 Å². The van der Waals surface area contributed by atoms with E-state index in [1.54, 1.807) is 12.1 Å². The molecule has 0 heterocycles. The van der Waals surface area contributed by atoms with Gasteiger partial charge in [-0.25, -0.2) is 0 Å². The summed E-state index contributed by atoms with van der Waals surface area (Å²) in [5, 5.41) is 10.4. The molecule has 0 fully saturated rings. The molecule has 1 aromatic carbocycles. The number of nitrogens with zero attached hydrogens (tertiary/aromatic N) is 2. The molecule has 96 valence electrons. The largest absolute Gasteiger partial charge is 0.302 e. The third kappa shape index (κ3) is 6.02. The molecule has 0 saturated heterocycles. The molecule has 4 heteroatoms. The van der Waals surface area contributed by atoms with Gasteiger partial charge in [0.05, 0.1) is 4.92 Å². The van der Waals surface area contributed by atoms with E-state index in [0.29, 0.717) is 0 Å². The van der Waals surface area contributed by atoms with Crippen molar-refractivity contribution in [1.82, 2.24) is 4.90 Å². The third-order valence-electron chi connectivity index (χ3n) is 2.20. The lowest BCUT2D eigenvalue weighted by atomic mass is 10.2. The summed E-state index contributed by atoms with van der Waals surface area (Å²) < 4.78 is 0. The number of nitro groups is 1. The van der Waals surface area contributed by atoms with Crippen molar-refractivity contribution >= 4 is 5.69 Å². The lowest BCUT2D eigenvalue weighted by Gasteiger charge is -2.14. The van der Waals surface area contributed by atoms with Gasteiger partial charge in [0.25, 0.3) is 5.69 Å². The maximum atomic E-state index is 10.4. The highest BCUT2D eigenvalue weighted by atomic mass is 16.6. The second kappa shape index (κ2) is 8.70. The summed E-state index contributed by atoms with van der Waals surface area (Å²) in [5.74, 6) is 0. The van der Waals surface area contributed by atoms with Gasteiger partial charge >= 0.3 is 0 Å². The molecule has 0 unspecified atom stereocenters. The maximum absolute atomic E-state index is 10.4. The van der Waals surface area contributed by atoms with Crippen molar-refractivity contribution in [3.8, 4) is 0 Å². The second-order valence-corrected chi connectivity index (χ2v) is 3.66. The minimum Gasteiger partial charge on any atom is -0.302 e. The van der Waals surface area contributed by atoms with Crippen LogP contribution in [-0.2, 0) is 6.54 Å². The van der Waals surface area contributed by atoms with Gasteiger partial charge in [-0.3, -0.25) is 10.1 Å². The Morgan fingerprint density at radius 1 is 1.24 bits per heavy atom. The summed E-state index contributed by atoms with van der Waals surface area (Å²) >= 11 is 0. The lowest BCUT2D eigenvalue weighted by molar-refractivity contribution is -0.384. The van der Waals surface area contributed by atoms with Gasteiger partial charge in [0.2, 0.25) is 0 Å². The van der Waals surface area contributed by atoms with Crippen LogP contribution in [0, 0.1) is 10.1 Å². The van der Waals surface area contributed by atoms with Gasteiger partial charge in [0, 0.05) is 18.7 Å². The van der Waals surface area contributed by atoms with Gasteiger partial charge in [-0.2, -0.15) is 0 Å². The highest BCUT2D eigenvalue weighted by molar-refractivity contribution is 5.32. The van der Waals surface area contributed by atoms with E-state index in [1.165, 1.54) is 0 Å². The quantitative estimate of drug-likeness (QED) is 0.583. The van der Waals surface area contributed by atoms with Crippen LogP contribution in [0.25, 0.3) is 0 Å². The fourth-order valence-corrected chi connectivity index (χ4v) is 1.50. The molecule has 4 nitrogen and oxygen atoms in total. The molecule has 0 saturated carbocycles. The minimum absolute atomic E-state index is 0.150. The Kier molecular flexibility index (Phi) is 7.97. The van der Waals surface area contributed by atoms with E-state index in [0.717, 1.165) is 25.1 Å². The van der Waals surface area contributed by atoms with Gasteiger partial charge in [0.1, 0.15) is 0 Å². The number of hydrogen-bond donors (Lipinski definition) is 0. The van der Waals surface area contributed by atoms with Crippen LogP contribution >= 0.6 is 0 Å². The van der Waals surface area contributed by atoms with Gasteiger partial charge in [-0.15, -0.1) is 0 Å². The zero-order valence-corrected chi connectivity index (χ0v) is 11.1. The maximum Gasteiger partial charge on any atom is 0.269 e. The molecule has 0 bridgehead atoms. The molecule has 0 spiro atoms. The predicted molar refractivity (Wildman–Crippen MR) is 71.1 cm³/mol. The Morgan fingerprint density at radius 2 is 1.76 bits per heavy atom. The topological polar surface area (TPSA) is 46.4 Å². The molecule has 0 radical (unpaired) electrons. The van der Waals surface area contributed by atoms with Crippen molar-refractivity contribution in [2.75, 3.05) is 13.6 Å². The lowest BCUT2D eigenvalue weighted by Crippen LogP contribution is -2.18. The van der Waals surface area contributed by atoms with Crippen molar-refractivity contribution in [3.63, 3.8) is 0 Å². The van der Waals surface area contributed by atoms with Crippen molar-refractivity contribution in [2.45, 2.75) is 33.7 Å². The Labute approximate surface area is 103 Å². The summed E-state index contributed by atoms with van der Waals surface area (Å²) in [4.78, 5) is 12.3. The smallest absolute Gasteiger partial charge is 0.269 e. The summed E-state index contributed by atoms with van der Waals surface area (Å²) in [6, 6.07) is 6.72. The van der Waals surface area contributed by atoms with E-state index in [2.05, 4.69) is 11.8 Å². The third-order valence-corrected chi connectivity index (χ3v) is 2.20. The van der Waals surface area contributed by atoms with Crippen LogP contribution in [0.1, 0.15) is 32.8 Å². The van der Waals surface area contributed by atoms with E-state index in [-0.39, 0.29) is 10.6 Å². The summed E-state index contributed by atoms with van der Waals surface area (Å²) in [6.07, 6.45) is 1.11. The fraction of sp³-hybridized carbons (Fsp3) is 0.538.